The van der Waals surface area contributed by atoms with Crippen molar-refractivity contribution >= 4 is 50.7 Å². The lowest BCUT2D eigenvalue weighted by atomic mass is 10.1. The zero-order valence-corrected chi connectivity index (χ0v) is 24.3. The molecule has 1 N–H and O–H groups in total. The first-order chi connectivity index (χ1) is 18.6. The zero-order chi connectivity index (χ0) is 28.6. The van der Waals surface area contributed by atoms with E-state index < -0.39 is 28.5 Å². The van der Waals surface area contributed by atoms with Gasteiger partial charge >= 0.3 is 0 Å². The second-order valence-corrected chi connectivity index (χ2v) is 11.2. The third-order valence-corrected chi connectivity index (χ3v) is 8.46. The van der Waals surface area contributed by atoms with Crippen LogP contribution in [0.2, 0.25) is 10.0 Å². The van der Waals surface area contributed by atoms with E-state index in [-0.39, 0.29) is 23.0 Å². The Hall–Kier alpha value is -3.27. The normalized spacial score (nSPS) is 11.9. The van der Waals surface area contributed by atoms with Crippen molar-refractivity contribution in [3.05, 3.63) is 88.4 Å². The summed E-state index contributed by atoms with van der Waals surface area (Å²) in [7, 11) is -2.72. The van der Waals surface area contributed by atoms with Crippen molar-refractivity contribution in [3.63, 3.8) is 0 Å². The first kappa shape index (κ1) is 30.3. The number of nitrogens with zero attached hydrogens (tertiary/aromatic N) is 2. The van der Waals surface area contributed by atoms with Crippen LogP contribution < -0.4 is 14.4 Å². The molecule has 0 aliphatic carbocycles. The molecule has 0 radical (unpaired) electrons. The minimum Gasteiger partial charge on any atom is -0.494 e. The van der Waals surface area contributed by atoms with Gasteiger partial charge in [0, 0.05) is 23.6 Å². The lowest BCUT2D eigenvalue weighted by Gasteiger charge is -2.33. The van der Waals surface area contributed by atoms with Crippen LogP contribution in [0.1, 0.15) is 25.8 Å². The molecule has 0 saturated heterocycles. The van der Waals surface area contributed by atoms with E-state index >= 15 is 0 Å². The van der Waals surface area contributed by atoms with Crippen LogP contribution >= 0.6 is 23.2 Å². The van der Waals surface area contributed by atoms with E-state index in [9.17, 15) is 18.0 Å². The van der Waals surface area contributed by atoms with E-state index in [0.29, 0.717) is 34.4 Å². The lowest BCUT2D eigenvalue weighted by Crippen LogP contribution is -2.51. The van der Waals surface area contributed by atoms with Gasteiger partial charge in [-0.1, -0.05) is 48.3 Å². The highest BCUT2D eigenvalue weighted by molar-refractivity contribution is 7.92. The number of sulfonamides is 1. The molecule has 0 spiro atoms. The minimum absolute atomic E-state index is 0.0164. The summed E-state index contributed by atoms with van der Waals surface area (Å²) in [6, 6.07) is 18.2. The first-order valence-electron chi connectivity index (χ1n) is 12.4. The number of amides is 2. The smallest absolute Gasteiger partial charge is 0.264 e. The SMILES string of the molecule is CCOc1ccc(N(CC(=O)N(Cc2ccccc2Cl)[C@@H](CC)C(=O)NC)S(=O)(=O)c2ccc(Cl)cc2)cc1. The highest BCUT2D eigenvalue weighted by Gasteiger charge is 2.33. The van der Waals surface area contributed by atoms with Crippen molar-refractivity contribution in [2.45, 2.75) is 37.8 Å². The van der Waals surface area contributed by atoms with E-state index in [1.807, 2.05) is 6.92 Å². The van der Waals surface area contributed by atoms with E-state index in [2.05, 4.69) is 5.32 Å². The van der Waals surface area contributed by atoms with Crippen LogP contribution in [0, 0.1) is 0 Å². The number of benzene rings is 3. The Bertz CT molecular complexity index is 1380. The molecule has 0 aliphatic heterocycles. The summed E-state index contributed by atoms with van der Waals surface area (Å²) in [4.78, 5) is 28.0. The van der Waals surface area contributed by atoms with Crippen molar-refractivity contribution in [1.29, 1.82) is 0 Å². The molecular formula is C28H31Cl2N3O5S. The van der Waals surface area contributed by atoms with Crippen LogP contribution in [0.5, 0.6) is 5.75 Å². The van der Waals surface area contributed by atoms with Gasteiger partial charge in [0.15, 0.2) is 0 Å². The second-order valence-electron chi connectivity index (χ2n) is 8.54. The Morgan fingerprint density at radius 3 is 2.15 bits per heavy atom. The van der Waals surface area contributed by atoms with Gasteiger partial charge in [0.1, 0.15) is 18.3 Å². The zero-order valence-electron chi connectivity index (χ0n) is 21.9. The number of carbonyl (C=O) groups is 2. The predicted octanol–water partition coefficient (Wildman–Crippen LogP) is 5.14. The summed E-state index contributed by atoms with van der Waals surface area (Å²) in [6.07, 6.45) is 0.308. The molecule has 39 heavy (non-hydrogen) atoms. The summed E-state index contributed by atoms with van der Waals surface area (Å²) in [5.41, 5.74) is 0.885. The minimum atomic E-state index is -4.20. The molecule has 0 heterocycles. The lowest BCUT2D eigenvalue weighted by molar-refractivity contribution is -0.140. The number of anilines is 1. The summed E-state index contributed by atoms with van der Waals surface area (Å²) < 4.78 is 34.2. The number of carbonyl (C=O) groups excluding carboxylic acids is 2. The van der Waals surface area contributed by atoms with Crippen molar-refractivity contribution in [2.75, 3.05) is 24.5 Å². The van der Waals surface area contributed by atoms with Crippen LogP contribution in [-0.2, 0) is 26.2 Å². The summed E-state index contributed by atoms with van der Waals surface area (Å²) in [5, 5.41) is 3.40. The van der Waals surface area contributed by atoms with Crippen LogP contribution in [0.25, 0.3) is 0 Å². The quantitative estimate of drug-likeness (QED) is 0.314. The standard InChI is InChI=1S/C28H31Cl2N3O5S/c1-4-26(28(35)31-3)32(18-20-8-6-7-9-25(20)30)27(34)19-33(22-12-14-23(15-13-22)38-5-2)39(36,37)24-16-10-21(29)11-17-24/h6-17,26H,4-5,18-19H2,1-3H3,(H,31,35)/t26-/m0/s1. The summed E-state index contributed by atoms with van der Waals surface area (Å²) in [5.74, 6) is -0.384. The van der Waals surface area contributed by atoms with Gasteiger partial charge in [-0.25, -0.2) is 8.42 Å². The number of ether oxygens (including phenoxy) is 1. The highest BCUT2D eigenvalue weighted by atomic mass is 35.5. The monoisotopic (exact) mass is 591 g/mol. The second kappa shape index (κ2) is 13.7. The fraction of sp³-hybridized carbons (Fsp3) is 0.286. The topological polar surface area (TPSA) is 96.0 Å². The van der Waals surface area contributed by atoms with Crippen molar-refractivity contribution in [1.82, 2.24) is 10.2 Å². The fourth-order valence-electron chi connectivity index (χ4n) is 4.03. The van der Waals surface area contributed by atoms with E-state index in [4.69, 9.17) is 27.9 Å². The molecule has 1 atom stereocenters. The van der Waals surface area contributed by atoms with Crippen LogP contribution in [0.3, 0.4) is 0 Å². The van der Waals surface area contributed by atoms with Crippen LogP contribution in [0.15, 0.2) is 77.7 Å². The molecule has 0 fully saturated rings. The van der Waals surface area contributed by atoms with Gasteiger partial charge in [-0.15, -0.1) is 0 Å². The maximum absolute atomic E-state index is 13.9. The van der Waals surface area contributed by atoms with Gasteiger partial charge in [-0.3, -0.25) is 13.9 Å². The Balaban J connectivity index is 2.07. The Kier molecular flexibility index (Phi) is 10.6. The fourth-order valence-corrected chi connectivity index (χ4v) is 5.77. The predicted molar refractivity (Wildman–Crippen MR) is 154 cm³/mol. The molecule has 0 aromatic heterocycles. The summed E-state index contributed by atoms with van der Waals surface area (Å²) >= 11 is 12.4. The molecule has 0 saturated carbocycles. The van der Waals surface area contributed by atoms with Gasteiger partial charge in [0.05, 0.1) is 17.2 Å². The Labute approximate surface area is 239 Å². The van der Waals surface area contributed by atoms with E-state index in [1.54, 1.807) is 55.5 Å². The first-order valence-corrected chi connectivity index (χ1v) is 14.6. The largest absolute Gasteiger partial charge is 0.494 e. The molecular weight excluding hydrogens is 561 g/mol. The average molecular weight is 593 g/mol. The molecule has 3 aromatic carbocycles. The maximum Gasteiger partial charge on any atom is 0.264 e. The van der Waals surface area contributed by atoms with Crippen LogP contribution in [-0.4, -0.2) is 51.4 Å². The third kappa shape index (κ3) is 7.44. The number of likely N-dealkylation sites (N-methyl/N-ethyl adjacent to an activating group) is 1. The molecule has 8 nitrogen and oxygen atoms in total. The van der Waals surface area contributed by atoms with Gasteiger partial charge in [-0.2, -0.15) is 0 Å². The number of hydrogen-bond donors (Lipinski definition) is 1. The molecule has 208 valence electrons. The van der Waals surface area contributed by atoms with Gasteiger partial charge in [0.2, 0.25) is 11.8 Å². The summed E-state index contributed by atoms with van der Waals surface area (Å²) in [6.45, 7) is 3.52. The molecule has 11 heteroatoms. The third-order valence-electron chi connectivity index (χ3n) is 6.05. The number of halogens is 2. The Morgan fingerprint density at radius 1 is 0.949 bits per heavy atom. The number of rotatable bonds is 12. The number of hydrogen-bond acceptors (Lipinski definition) is 5. The Morgan fingerprint density at radius 2 is 1.59 bits per heavy atom. The van der Waals surface area contributed by atoms with E-state index in [0.717, 1.165) is 4.31 Å². The molecule has 3 rings (SSSR count). The van der Waals surface area contributed by atoms with Crippen molar-refractivity contribution in [2.24, 2.45) is 0 Å². The molecule has 0 aliphatic rings. The molecule has 2 amide bonds. The van der Waals surface area contributed by atoms with Gasteiger partial charge < -0.3 is 15.0 Å². The molecule has 3 aromatic rings. The number of nitrogens with one attached hydrogen (secondary N) is 1. The van der Waals surface area contributed by atoms with Gasteiger partial charge in [-0.05, 0) is 73.5 Å². The van der Waals surface area contributed by atoms with Crippen molar-refractivity contribution < 1.29 is 22.7 Å². The molecule has 0 unspecified atom stereocenters. The van der Waals surface area contributed by atoms with Crippen molar-refractivity contribution in [3.8, 4) is 5.75 Å². The molecule has 0 bridgehead atoms. The van der Waals surface area contributed by atoms with Gasteiger partial charge in [0.25, 0.3) is 10.0 Å². The van der Waals surface area contributed by atoms with E-state index in [1.165, 1.54) is 36.2 Å². The van der Waals surface area contributed by atoms with Crippen LogP contribution in [0.4, 0.5) is 5.69 Å². The highest BCUT2D eigenvalue weighted by Crippen LogP contribution is 2.28. The maximum atomic E-state index is 13.9. The average Bonchev–Trinajstić information content (AvgIpc) is 2.93.